The summed E-state index contributed by atoms with van der Waals surface area (Å²) in [5.74, 6) is 0.264. The SMILES string of the molecule is CC(CN)CCC(=O)OC(C)(C)C. The smallest absolute Gasteiger partial charge is 0.306 e. The molecule has 0 fully saturated rings. The van der Waals surface area contributed by atoms with Crippen LogP contribution >= 0.6 is 0 Å². The summed E-state index contributed by atoms with van der Waals surface area (Å²) in [6.45, 7) is 8.28. The summed E-state index contributed by atoms with van der Waals surface area (Å²) in [5, 5.41) is 0. The second-order valence-corrected chi connectivity index (χ2v) is 4.47. The van der Waals surface area contributed by atoms with Gasteiger partial charge in [0.1, 0.15) is 5.60 Å². The predicted molar refractivity (Wildman–Crippen MR) is 53.3 cm³/mol. The highest BCUT2D eigenvalue weighted by molar-refractivity contribution is 5.69. The lowest BCUT2D eigenvalue weighted by molar-refractivity contribution is -0.155. The third-order valence-electron chi connectivity index (χ3n) is 1.66. The molecular weight excluding hydrogens is 166 g/mol. The maximum Gasteiger partial charge on any atom is 0.306 e. The van der Waals surface area contributed by atoms with Gasteiger partial charge in [0.2, 0.25) is 0 Å². The highest BCUT2D eigenvalue weighted by Crippen LogP contribution is 2.11. The van der Waals surface area contributed by atoms with Gasteiger partial charge in [-0.15, -0.1) is 0 Å². The monoisotopic (exact) mass is 187 g/mol. The van der Waals surface area contributed by atoms with Gasteiger partial charge in [-0.1, -0.05) is 6.92 Å². The molecule has 0 aromatic carbocycles. The van der Waals surface area contributed by atoms with Crippen molar-refractivity contribution in [2.24, 2.45) is 11.7 Å². The Labute approximate surface area is 80.6 Å². The Balaban J connectivity index is 3.64. The maximum absolute atomic E-state index is 11.2. The molecule has 0 aromatic heterocycles. The van der Waals surface area contributed by atoms with E-state index in [1.807, 2.05) is 27.7 Å². The number of hydrogen-bond donors (Lipinski definition) is 1. The lowest BCUT2D eigenvalue weighted by Crippen LogP contribution is -2.24. The van der Waals surface area contributed by atoms with Crippen LogP contribution in [0.5, 0.6) is 0 Å². The minimum Gasteiger partial charge on any atom is -0.460 e. The topological polar surface area (TPSA) is 52.3 Å². The van der Waals surface area contributed by atoms with Crippen molar-refractivity contribution in [3.63, 3.8) is 0 Å². The standard InChI is InChI=1S/C10H21NO2/c1-8(7-11)5-6-9(12)13-10(2,3)4/h8H,5-7,11H2,1-4H3. The van der Waals surface area contributed by atoms with Crippen molar-refractivity contribution in [3.05, 3.63) is 0 Å². The second kappa shape index (κ2) is 5.22. The molecule has 0 saturated heterocycles. The molecule has 3 nitrogen and oxygen atoms in total. The van der Waals surface area contributed by atoms with Gasteiger partial charge in [-0.25, -0.2) is 0 Å². The van der Waals surface area contributed by atoms with Gasteiger partial charge in [0, 0.05) is 6.42 Å². The van der Waals surface area contributed by atoms with Crippen LogP contribution in [0.2, 0.25) is 0 Å². The van der Waals surface area contributed by atoms with Crippen LogP contribution in [0, 0.1) is 5.92 Å². The third-order valence-corrected chi connectivity index (χ3v) is 1.66. The Morgan fingerprint density at radius 1 is 1.46 bits per heavy atom. The van der Waals surface area contributed by atoms with E-state index >= 15 is 0 Å². The molecule has 1 atom stereocenters. The fourth-order valence-electron chi connectivity index (χ4n) is 0.875. The van der Waals surface area contributed by atoms with Crippen molar-refractivity contribution in [1.29, 1.82) is 0 Å². The Morgan fingerprint density at radius 3 is 2.38 bits per heavy atom. The molecule has 0 heterocycles. The van der Waals surface area contributed by atoms with Crippen molar-refractivity contribution in [3.8, 4) is 0 Å². The minimum atomic E-state index is -0.372. The van der Waals surface area contributed by atoms with Gasteiger partial charge in [-0.3, -0.25) is 4.79 Å². The first kappa shape index (κ1) is 12.4. The van der Waals surface area contributed by atoms with E-state index in [-0.39, 0.29) is 11.6 Å². The summed E-state index contributed by atoms with van der Waals surface area (Å²) in [5.41, 5.74) is 5.06. The van der Waals surface area contributed by atoms with E-state index in [0.717, 1.165) is 6.42 Å². The van der Waals surface area contributed by atoms with E-state index in [4.69, 9.17) is 10.5 Å². The van der Waals surface area contributed by atoms with Crippen LogP contribution in [0.25, 0.3) is 0 Å². The third kappa shape index (κ3) is 7.78. The lowest BCUT2D eigenvalue weighted by Gasteiger charge is -2.19. The summed E-state index contributed by atoms with van der Waals surface area (Å²) < 4.78 is 5.15. The highest BCUT2D eigenvalue weighted by Gasteiger charge is 2.16. The Kier molecular flexibility index (Phi) is 4.99. The quantitative estimate of drug-likeness (QED) is 0.681. The van der Waals surface area contributed by atoms with Gasteiger partial charge in [0.05, 0.1) is 0 Å². The van der Waals surface area contributed by atoms with Gasteiger partial charge >= 0.3 is 5.97 Å². The normalized spacial score (nSPS) is 13.9. The molecule has 78 valence electrons. The van der Waals surface area contributed by atoms with Crippen LogP contribution in [0.1, 0.15) is 40.5 Å². The summed E-state index contributed by atoms with van der Waals surface area (Å²) in [6, 6.07) is 0. The molecule has 2 N–H and O–H groups in total. The molecule has 0 aliphatic carbocycles. The van der Waals surface area contributed by atoms with Crippen LogP contribution in [0.15, 0.2) is 0 Å². The number of carbonyl (C=O) groups excluding carboxylic acids is 1. The molecular formula is C10H21NO2. The molecule has 3 heteroatoms. The Morgan fingerprint density at radius 2 is 2.00 bits per heavy atom. The van der Waals surface area contributed by atoms with Gasteiger partial charge < -0.3 is 10.5 Å². The minimum absolute atomic E-state index is 0.132. The molecule has 1 unspecified atom stereocenters. The van der Waals surface area contributed by atoms with Crippen molar-refractivity contribution >= 4 is 5.97 Å². The van der Waals surface area contributed by atoms with E-state index in [9.17, 15) is 4.79 Å². The fraction of sp³-hybridized carbons (Fsp3) is 0.900. The number of ether oxygens (including phenoxy) is 1. The molecule has 0 amide bonds. The lowest BCUT2D eigenvalue weighted by atomic mass is 10.1. The molecule has 0 aromatic rings. The number of esters is 1. The molecule has 0 rings (SSSR count). The molecule has 0 spiro atoms. The molecule has 0 aliphatic heterocycles. The summed E-state index contributed by atoms with van der Waals surface area (Å²) in [7, 11) is 0. The Hall–Kier alpha value is -0.570. The summed E-state index contributed by atoms with van der Waals surface area (Å²) in [6.07, 6.45) is 1.28. The van der Waals surface area contributed by atoms with Crippen LogP contribution in [0.3, 0.4) is 0 Å². The van der Waals surface area contributed by atoms with Crippen LogP contribution in [0.4, 0.5) is 0 Å². The summed E-state index contributed by atoms with van der Waals surface area (Å²) >= 11 is 0. The van der Waals surface area contributed by atoms with Crippen molar-refractivity contribution in [2.45, 2.75) is 46.1 Å². The number of carbonyl (C=O) groups is 1. The number of nitrogens with two attached hydrogens (primary N) is 1. The zero-order valence-corrected chi connectivity index (χ0v) is 9.09. The van der Waals surface area contributed by atoms with E-state index in [1.165, 1.54) is 0 Å². The van der Waals surface area contributed by atoms with Gasteiger partial charge in [0.25, 0.3) is 0 Å². The van der Waals surface area contributed by atoms with E-state index in [0.29, 0.717) is 18.9 Å². The van der Waals surface area contributed by atoms with E-state index in [2.05, 4.69) is 0 Å². The highest BCUT2D eigenvalue weighted by atomic mass is 16.6. The van der Waals surface area contributed by atoms with Crippen LogP contribution in [-0.4, -0.2) is 18.1 Å². The zero-order chi connectivity index (χ0) is 10.5. The van der Waals surface area contributed by atoms with Crippen molar-refractivity contribution < 1.29 is 9.53 Å². The van der Waals surface area contributed by atoms with Gasteiger partial charge in [-0.05, 0) is 39.7 Å². The molecule has 13 heavy (non-hydrogen) atoms. The van der Waals surface area contributed by atoms with E-state index in [1.54, 1.807) is 0 Å². The molecule has 0 bridgehead atoms. The van der Waals surface area contributed by atoms with Gasteiger partial charge in [0.15, 0.2) is 0 Å². The fourth-order valence-corrected chi connectivity index (χ4v) is 0.875. The predicted octanol–water partition coefficient (Wildman–Crippen LogP) is 1.70. The van der Waals surface area contributed by atoms with Crippen LogP contribution < -0.4 is 5.73 Å². The Bertz CT molecular complexity index is 161. The number of hydrogen-bond acceptors (Lipinski definition) is 3. The maximum atomic E-state index is 11.2. The van der Waals surface area contributed by atoms with Gasteiger partial charge in [-0.2, -0.15) is 0 Å². The first-order valence-electron chi connectivity index (χ1n) is 4.77. The first-order valence-corrected chi connectivity index (χ1v) is 4.77. The van der Waals surface area contributed by atoms with Crippen LogP contribution in [-0.2, 0) is 9.53 Å². The average molecular weight is 187 g/mol. The van der Waals surface area contributed by atoms with Crippen molar-refractivity contribution in [1.82, 2.24) is 0 Å². The first-order chi connectivity index (χ1) is 5.85. The van der Waals surface area contributed by atoms with Crippen molar-refractivity contribution in [2.75, 3.05) is 6.54 Å². The summed E-state index contributed by atoms with van der Waals surface area (Å²) in [4.78, 5) is 11.2. The zero-order valence-electron chi connectivity index (χ0n) is 9.09. The molecule has 0 radical (unpaired) electrons. The number of rotatable bonds is 4. The average Bonchev–Trinajstić information content (AvgIpc) is 1.97. The molecule has 0 saturated carbocycles. The van der Waals surface area contributed by atoms with E-state index < -0.39 is 0 Å². The second-order valence-electron chi connectivity index (χ2n) is 4.47. The molecule has 0 aliphatic rings. The largest absolute Gasteiger partial charge is 0.460 e.